The minimum Gasteiger partial charge on any atom is -0.462 e. The van der Waals surface area contributed by atoms with Crippen LogP contribution in [-0.2, 0) is 19.1 Å². The molecule has 0 aromatic carbocycles. The molecule has 0 bridgehead atoms. The Labute approximate surface area is 276 Å². The van der Waals surface area contributed by atoms with Gasteiger partial charge in [0.1, 0.15) is 6.61 Å². The zero-order chi connectivity index (χ0) is 32.9. The van der Waals surface area contributed by atoms with Crippen molar-refractivity contribution in [3.05, 3.63) is 72.9 Å². The first-order valence-electron chi connectivity index (χ1n) is 18.0. The Morgan fingerprint density at radius 2 is 0.956 bits per heavy atom. The number of hydrogen-bond acceptors (Lipinski definition) is 5. The third-order valence-electron chi connectivity index (χ3n) is 7.23. The van der Waals surface area contributed by atoms with Gasteiger partial charge in [-0.2, -0.15) is 0 Å². The van der Waals surface area contributed by atoms with E-state index in [2.05, 4.69) is 86.8 Å². The first-order valence-corrected chi connectivity index (χ1v) is 18.0. The number of aliphatic hydroxyl groups is 1. The Kier molecular flexibility index (Phi) is 33.7. The fraction of sp³-hybridized carbons (Fsp3) is 0.650. The third kappa shape index (κ3) is 34.1. The maximum absolute atomic E-state index is 12.1. The molecule has 0 aliphatic heterocycles. The Bertz CT molecular complexity index is 849. The Balaban J connectivity index is 3.69. The molecule has 1 atom stereocenters. The molecule has 0 saturated heterocycles. The molecule has 5 heteroatoms. The molecule has 0 aromatic heterocycles. The van der Waals surface area contributed by atoms with Gasteiger partial charge in [0.05, 0.1) is 6.61 Å². The second-order valence-corrected chi connectivity index (χ2v) is 11.6. The summed E-state index contributed by atoms with van der Waals surface area (Å²) in [7, 11) is 0. The van der Waals surface area contributed by atoms with Gasteiger partial charge in [0.15, 0.2) is 6.10 Å². The highest BCUT2D eigenvalue weighted by molar-refractivity contribution is 5.70. The van der Waals surface area contributed by atoms with Crippen molar-refractivity contribution in [2.45, 2.75) is 155 Å². The molecule has 0 amide bonds. The van der Waals surface area contributed by atoms with E-state index in [4.69, 9.17) is 9.47 Å². The summed E-state index contributed by atoms with van der Waals surface area (Å²) >= 11 is 0. The Morgan fingerprint density at radius 3 is 1.49 bits per heavy atom. The average molecular weight is 627 g/mol. The SMILES string of the molecule is CC/C=C/C/C=C/C/C=C/C/C=C/C/C=C/CCCCCC(=O)OC[C@H](CO)OC(=O)CCCCCCC/C=C/CCCCC. The van der Waals surface area contributed by atoms with Crippen LogP contribution in [0.25, 0.3) is 0 Å². The number of carbonyl (C=O) groups is 2. The van der Waals surface area contributed by atoms with Crippen LogP contribution in [-0.4, -0.2) is 36.4 Å². The van der Waals surface area contributed by atoms with Gasteiger partial charge in [-0.05, 0) is 83.5 Å². The number of ether oxygens (including phenoxy) is 2. The van der Waals surface area contributed by atoms with Crippen LogP contribution in [0.1, 0.15) is 149 Å². The summed E-state index contributed by atoms with van der Waals surface area (Å²) in [5, 5.41) is 9.51. The standard InChI is InChI=1S/C40H66O5/c1-3-5-7-9-11-13-15-17-18-19-20-21-22-23-25-26-28-30-32-34-39(42)44-37-38(36-41)45-40(43)35-33-31-29-27-24-16-14-12-10-8-6-4-2/h5,7,11-14,17-18,20-21,23,25,38,41H,3-4,6,8-10,15-16,19,22,24,26-37H2,1-2H3/b7-5+,13-11+,14-12+,18-17+,21-20+,25-23+/t38-/m0/s1. The molecule has 0 heterocycles. The largest absolute Gasteiger partial charge is 0.462 e. The van der Waals surface area contributed by atoms with Crippen molar-refractivity contribution in [2.24, 2.45) is 0 Å². The third-order valence-corrected chi connectivity index (χ3v) is 7.23. The maximum Gasteiger partial charge on any atom is 0.306 e. The lowest BCUT2D eigenvalue weighted by Gasteiger charge is -2.15. The topological polar surface area (TPSA) is 72.8 Å². The van der Waals surface area contributed by atoms with Crippen molar-refractivity contribution in [3.8, 4) is 0 Å². The Hall–Kier alpha value is -2.66. The number of allylic oxidation sites excluding steroid dienone is 12. The van der Waals surface area contributed by atoms with Crippen LogP contribution >= 0.6 is 0 Å². The normalized spacial score (nSPS) is 13.0. The molecule has 0 unspecified atom stereocenters. The lowest BCUT2D eigenvalue weighted by molar-refractivity contribution is -0.161. The van der Waals surface area contributed by atoms with E-state index in [1.54, 1.807) is 0 Å². The summed E-state index contributed by atoms with van der Waals surface area (Å²) < 4.78 is 10.5. The predicted molar refractivity (Wildman–Crippen MR) is 191 cm³/mol. The quantitative estimate of drug-likeness (QED) is 0.0471. The van der Waals surface area contributed by atoms with Gasteiger partial charge in [0.25, 0.3) is 0 Å². The lowest BCUT2D eigenvalue weighted by atomic mass is 10.1. The minimum atomic E-state index is -0.791. The number of carbonyl (C=O) groups excluding carboxylic acids is 2. The number of hydrogen-bond donors (Lipinski definition) is 1. The lowest BCUT2D eigenvalue weighted by Crippen LogP contribution is -2.28. The molecule has 45 heavy (non-hydrogen) atoms. The van der Waals surface area contributed by atoms with Crippen LogP contribution in [0.5, 0.6) is 0 Å². The predicted octanol–water partition coefficient (Wildman–Crippen LogP) is 11.0. The van der Waals surface area contributed by atoms with Gasteiger partial charge < -0.3 is 14.6 Å². The van der Waals surface area contributed by atoms with Gasteiger partial charge in [0.2, 0.25) is 0 Å². The van der Waals surface area contributed by atoms with Crippen molar-refractivity contribution in [3.63, 3.8) is 0 Å². The van der Waals surface area contributed by atoms with E-state index in [0.29, 0.717) is 12.8 Å². The molecular weight excluding hydrogens is 560 g/mol. The molecule has 256 valence electrons. The first-order chi connectivity index (χ1) is 22.1. The summed E-state index contributed by atoms with van der Waals surface area (Å²) in [5.41, 5.74) is 0. The molecule has 0 fully saturated rings. The van der Waals surface area contributed by atoms with Crippen molar-refractivity contribution in [2.75, 3.05) is 13.2 Å². The Morgan fingerprint density at radius 1 is 0.533 bits per heavy atom. The average Bonchev–Trinajstić information content (AvgIpc) is 3.04. The fourth-order valence-corrected chi connectivity index (χ4v) is 4.51. The highest BCUT2D eigenvalue weighted by Gasteiger charge is 2.16. The summed E-state index contributed by atoms with van der Waals surface area (Å²) in [6, 6.07) is 0. The van der Waals surface area contributed by atoms with E-state index in [9.17, 15) is 14.7 Å². The van der Waals surface area contributed by atoms with E-state index in [1.807, 2.05) is 0 Å². The van der Waals surface area contributed by atoms with Crippen molar-refractivity contribution in [1.82, 2.24) is 0 Å². The first kappa shape index (κ1) is 42.3. The second kappa shape index (κ2) is 35.8. The summed E-state index contributed by atoms with van der Waals surface area (Å²) in [5.74, 6) is -0.648. The molecule has 1 N–H and O–H groups in total. The van der Waals surface area contributed by atoms with Crippen LogP contribution in [0.15, 0.2) is 72.9 Å². The summed E-state index contributed by atoms with van der Waals surface area (Å²) in [6.45, 7) is 3.94. The number of unbranched alkanes of at least 4 members (excludes halogenated alkanes) is 11. The molecule has 0 spiro atoms. The summed E-state index contributed by atoms with van der Waals surface area (Å²) in [4.78, 5) is 24.1. The molecule has 0 aliphatic rings. The molecular formula is C40H66O5. The molecule has 0 saturated carbocycles. The van der Waals surface area contributed by atoms with Crippen LogP contribution < -0.4 is 0 Å². The number of esters is 2. The van der Waals surface area contributed by atoms with Gasteiger partial charge in [-0.25, -0.2) is 0 Å². The van der Waals surface area contributed by atoms with E-state index in [0.717, 1.165) is 83.5 Å². The van der Waals surface area contributed by atoms with E-state index < -0.39 is 6.10 Å². The molecule has 0 radical (unpaired) electrons. The highest BCUT2D eigenvalue weighted by Crippen LogP contribution is 2.10. The minimum absolute atomic E-state index is 0.0902. The van der Waals surface area contributed by atoms with Gasteiger partial charge in [0, 0.05) is 12.8 Å². The van der Waals surface area contributed by atoms with E-state index in [-0.39, 0.29) is 25.2 Å². The summed E-state index contributed by atoms with van der Waals surface area (Å²) in [6.07, 6.45) is 46.7. The van der Waals surface area contributed by atoms with Gasteiger partial charge in [-0.1, -0.05) is 125 Å². The van der Waals surface area contributed by atoms with E-state index in [1.165, 1.54) is 38.5 Å². The maximum atomic E-state index is 12.1. The molecule has 5 nitrogen and oxygen atoms in total. The van der Waals surface area contributed by atoms with Gasteiger partial charge in [-0.15, -0.1) is 0 Å². The zero-order valence-electron chi connectivity index (χ0n) is 28.8. The van der Waals surface area contributed by atoms with Gasteiger partial charge in [-0.3, -0.25) is 9.59 Å². The molecule has 0 aliphatic carbocycles. The zero-order valence-corrected chi connectivity index (χ0v) is 28.8. The monoisotopic (exact) mass is 626 g/mol. The van der Waals surface area contributed by atoms with Crippen LogP contribution in [0.3, 0.4) is 0 Å². The van der Waals surface area contributed by atoms with E-state index >= 15 is 0 Å². The number of aliphatic hydroxyl groups excluding tert-OH is 1. The second-order valence-electron chi connectivity index (χ2n) is 11.6. The number of rotatable bonds is 31. The molecule has 0 aromatic rings. The van der Waals surface area contributed by atoms with Gasteiger partial charge >= 0.3 is 11.9 Å². The highest BCUT2D eigenvalue weighted by atomic mass is 16.6. The van der Waals surface area contributed by atoms with Crippen molar-refractivity contribution >= 4 is 11.9 Å². The van der Waals surface area contributed by atoms with Crippen LogP contribution in [0, 0.1) is 0 Å². The fourth-order valence-electron chi connectivity index (χ4n) is 4.51. The van der Waals surface area contributed by atoms with Crippen molar-refractivity contribution in [1.29, 1.82) is 0 Å². The molecule has 0 rings (SSSR count). The van der Waals surface area contributed by atoms with Crippen LogP contribution in [0.4, 0.5) is 0 Å². The smallest absolute Gasteiger partial charge is 0.306 e. The van der Waals surface area contributed by atoms with Crippen molar-refractivity contribution < 1.29 is 24.2 Å². The van der Waals surface area contributed by atoms with Crippen LogP contribution in [0.2, 0.25) is 0 Å².